The zero-order valence-corrected chi connectivity index (χ0v) is 12.3. The van der Waals surface area contributed by atoms with Gasteiger partial charge in [-0.15, -0.1) is 0 Å². The van der Waals surface area contributed by atoms with Crippen molar-refractivity contribution in [2.45, 2.75) is 90.1 Å². The van der Waals surface area contributed by atoms with Gasteiger partial charge < -0.3 is 5.11 Å². The van der Waals surface area contributed by atoms with E-state index in [1.165, 1.54) is 51.4 Å². The molecule has 0 aliphatic carbocycles. The van der Waals surface area contributed by atoms with Gasteiger partial charge in [-0.3, -0.25) is 5.26 Å². The Morgan fingerprint density at radius 3 is 1.68 bits per heavy atom. The number of unbranched alkanes of at least 4 members (excludes halogenated alkanes) is 10. The summed E-state index contributed by atoms with van der Waals surface area (Å²) in [6, 6.07) is 0. The Labute approximate surface area is 117 Å². The summed E-state index contributed by atoms with van der Waals surface area (Å²) < 4.78 is 0. The van der Waals surface area contributed by atoms with Crippen molar-refractivity contribution in [3.8, 4) is 0 Å². The number of carboxylic acids is 1. The number of rotatable bonds is 14. The van der Waals surface area contributed by atoms with E-state index in [-0.39, 0.29) is 0 Å². The largest absolute Gasteiger partial charge is 0.479 e. The maximum atomic E-state index is 10.6. The monoisotopic (exact) mass is 274 g/mol. The van der Waals surface area contributed by atoms with E-state index in [1.807, 2.05) is 0 Å². The number of carbonyl (C=O) groups is 1. The lowest BCUT2D eigenvalue weighted by atomic mass is 10.0. The molecular formula is C15H30O4. The second-order valence-corrected chi connectivity index (χ2v) is 5.26. The van der Waals surface area contributed by atoms with Gasteiger partial charge in [0.05, 0.1) is 0 Å². The number of hydrogen-bond donors (Lipinski definition) is 2. The number of aliphatic carboxylic acids is 1. The topological polar surface area (TPSA) is 66.8 Å². The van der Waals surface area contributed by atoms with Crippen molar-refractivity contribution in [2.24, 2.45) is 0 Å². The first-order valence-corrected chi connectivity index (χ1v) is 7.75. The maximum absolute atomic E-state index is 10.6. The van der Waals surface area contributed by atoms with Gasteiger partial charge in [0.25, 0.3) is 0 Å². The van der Waals surface area contributed by atoms with Crippen molar-refractivity contribution >= 4 is 5.97 Å². The van der Waals surface area contributed by atoms with E-state index in [0.717, 1.165) is 19.3 Å². The van der Waals surface area contributed by atoms with Gasteiger partial charge in [-0.1, -0.05) is 77.6 Å². The van der Waals surface area contributed by atoms with Gasteiger partial charge in [0.1, 0.15) is 0 Å². The van der Waals surface area contributed by atoms with Crippen LogP contribution in [-0.4, -0.2) is 22.4 Å². The third-order valence-corrected chi connectivity index (χ3v) is 3.47. The summed E-state index contributed by atoms with van der Waals surface area (Å²) in [6.07, 6.45) is 12.9. The van der Waals surface area contributed by atoms with E-state index in [0.29, 0.717) is 6.42 Å². The fraction of sp³-hybridized carbons (Fsp3) is 0.933. The molecule has 0 unspecified atom stereocenters. The second-order valence-electron chi connectivity index (χ2n) is 5.26. The fourth-order valence-electron chi connectivity index (χ4n) is 2.22. The fourth-order valence-corrected chi connectivity index (χ4v) is 2.22. The van der Waals surface area contributed by atoms with E-state index >= 15 is 0 Å². The minimum Gasteiger partial charge on any atom is -0.479 e. The molecule has 4 nitrogen and oxygen atoms in total. The summed E-state index contributed by atoms with van der Waals surface area (Å²) in [4.78, 5) is 14.5. The highest BCUT2D eigenvalue weighted by Gasteiger charge is 2.16. The second kappa shape index (κ2) is 13.8. The highest BCUT2D eigenvalue weighted by molar-refractivity contribution is 5.72. The number of carboxylic acid groups (broad SMARTS) is 1. The Bertz CT molecular complexity index is 206. The molecule has 0 saturated heterocycles. The Morgan fingerprint density at radius 2 is 1.32 bits per heavy atom. The molecule has 0 aliphatic rings. The van der Waals surface area contributed by atoms with Crippen LogP contribution >= 0.6 is 0 Å². The molecule has 0 saturated carbocycles. The first-order chi connectivity index (χ1) is 9.22. The molecule has 0 aromatic rings. The van der Waals surface area contributed by atoms with Gasteiger partial charge in [0, 0.05) is 0 Å². The van der Waals surface area contributed by atoms with Crippen LogP contribution in [-0.2, 0) is 9.68 Å². The van der Waals surface area contributed by atoms with Crippen LogP contribution in [0.2, 0.25) is 0 Å². The Morgan fingerprint density at radius 1 is 0.895 bits per heavy atom. The molecule has 0 aromatic carbocycles. The van der Waals surface area contributed by atoms with Crippen molar-refractivity contribution in [2.75, 3.05) is 0 Å². The Balaban J connectivity index is 3.16. The molecule has 0 aromatic heterocycles. The van der Waals surface area contributed by atoms with E-state index in [9.17, 15) is 4.79 Å². The molecule has 1 atom stereocenters. The van der Waals surface area contributed by atoms with Crippen LogP contribution in [0.4, 0.5) is 0 Å². The van der Waals surface area contributed by atoms with Crippen molar-refractivity contribution in [1.29, 1.82) is 0 Å². The van der Waals surface area contributed by atoms with E-state index in [4.69, 9.17) is 10.4 Å². The van der Waals surface area contributed by atoms with Gasteiger partial charge in [0.2, 0.25) is 0 Å². The lowest BCUT2D eigenvalue weighted by molar-refractivity contribution is -0.277. The lowest BCUT2D eigenvalue weighted by Gasteiger charge is -2.07. The third-order valence-electron chi connectivity index (χ3n) is 3.47. The molecule has 0 amide bonds. The summed E-state index contributed by atoms with van der Waals surface area (Å²) in [5.74, 6) is -1.09. The minimum atomic E-state index is -1.09. The van der Waals surface area contributed by atoms with E-state index in [2.05, 4.69) is 11.8 Å². The number of hydrogen-bond acceptors (Lipinski definition) is 3. The lowest BCUT2D eigenvalue weighted by Crippen LogP contribution is -2.22. The van der Waals surface area contributed by atoms with Crippen LogP contribution in [0.25, 0.3) is 0 Å². The molecule has 4 heteroatoms. The highest BCUT2D eigenvalue weighted by Crippen LogP contribution is 2.13. The summed E-state index contributed by atoms with van der Waals surface area (Å²) >= 11 is 0. The molecule has 0 heterocycles. The van der Waals surface area contributed by atoms with Gasteiger partial charge >= 0.3 is 5.97 Å². The third kappa shape index (κ3) is 12.2. The maximum Gasteiger partial charge on any atom is 0.336 e. The Hall–Kier alpha value is -0.610. The van der Waals surface area contributed by atoms with Crippen molar-refractivity contribution in [3.63, 3.8) is 0 Å². The molecule has 0 bridgehead atoms. The normalized spacial score (nSPS) is 12.5. The zero-order valence-electron chi connectivity index (χ0n) is 12.3. The molecule has 2 N–H and O–H groups in total. The van der Waals surface area contributed by atoms with Crippen molar-refractivity contribution in [1.82, 2.24) is 0 Å². The zero-order chi connectivity index (χ0) is 14.3. The van der Waals surface area contributed by atoms with Crippen molar-refractivity contribution in [3.05, 3.63) is 0 Å². The van der Waals surface area contributed by atoms with Crippen LogP contribution < -0.4 is 0 Å². The average Bonchev–Trinajstić information content (AvgIpc) is 2.40. The summed E-state index contributed by atoms with van der Waals surface area (Å²) in [5.41, 5.74) is 0. The quantitative estimate of drug-likeness (QED) is 0.275. The molecule has 0 fully saturated rings. The van der Waals surface area contributed by atoms with Gasteiger partial charge in [0.15, 0.2) is 6.10 Å². The van der Waals surface area contributed by atoms with E-state index < -0.39 is 12.1 Å². The van der Waals surface area contributed by atoms with Gasteiger partial charge in [-0.05, 0) is 6.42 Å². The summed E-state index contributed by atoms with van der Waals surface area (Å²) in [5, 5.41) is 17.0. The van der Waals surface area contributed by atoms with Crippen LogP contribution in [0, 0.1) is 0 Å². The SMILES string of the molecule is CCCCCCCCCCCCC[C@@H](OO)C(=O)O. The van der Waals surface area contributed by atoms with Gasteiger partial charge in [-0.25, -0.2) is 9.68 Å². The standard InChI is InChI=1S/C15H30O4/c1-2-3-4-5-6-7-8-9-10-11-12-13-14(19-18)15(16)17/h14,18H,2-13H2,1H3,(H,16,17)/t14-/m1/s1. The first kappa shape index (κ1) is 18.4. The van der Waals surface area contributed by atoms with Crippen LogP contribution in [0.1, 0.15) is 84.0 Å². The minimum absolute atomic E-state index is 0.392. The van der Waals surface area contributed by atoms with Crippen LogP contribution in [0.3, 0.4) is 0 Å². The predicted molar refractivity (Wildman–Crippen MR) is 76.2 cm³/mol. The Kier molecular flexibility index (Phi) is 13.4. The highest BCUT2D eigenvalue weighted by atomic mass is 17.1. The average molecular weight is 274 g/mol. The molecule has 0 aliphatic heterocycles. The molecule has 19 heavy (non-hydrogen) atoms. The van der Waals surface area contributed by atoms with Crippen LogP contribution in [0.5, 0.6) is 0 Å². The van der Waals surface area contributed by atoms with Gasteiger partial charge in [-0.2, -0.15) is 0 Å². The van der Waals surface area contributed by atoms with Crippen molar-refractivity contribution < 1.29 is 20.0 Å². The predicted octanol–water partition coefficient (Wildman–Crippen LogP) is 4.63. The molecule has 0 radical (unpaired) electrons. The van der Waals surface area contributed by atoms with E-state index in [1.54, 1.807) is 0 Å². The smallest absolute Gasteiger partial charge is 0.336 e. The first-order valence-electron chi connectivity index (χ1n) is 7.75. The summed E-state index contributed by atoms with van der Waals surface area (Å²) in [6.45, 7) is 2.23. The molecule has 0 rings (SSSR count). The summed E-state index contributed by atoms with van der Waals surface area (Å²) in [7, 11) is 0. The molecule has 0 spiro atoms. The molecule has 114 valence electrons. The molecular weight excluding hydrogens is 244 g/mol. The van der Waals surface area contributed by atoms with Crippen LogP contribution in [0.15, 0.2) is 0 Å².